The number of nitrogens with one attached hydrogen (secondary N) is 1. The number of hydrogen-bond acceptors (Lipinski definition) is 5. The Morgan fingerprint density at radius 3 is 2.59 bits per heavy atom. The molecule has 2 amide bonds. The molecule has 0 bridgehead atoms. The van der Waals surface area contributed by atoms with Gasteiger partial charge in [0.05, 0.1) is 13.0 Å². The molecule has 1 aliphatic heterocycles. The maximum absolute atomic E-state index is 12.3. The first kappa shape index (κ1) is 20.7. The van der Waals surface area contributed by atoms with Crippen molar-refractivity contribution in [2.75, 3.05) is 30.5 Å². The Labute approximate surface area is 173 Å². The van der Waals surface area contributed by atoms with Crippen LogP contribution in [0.1, 0.15) is 12.0 Å². The van der Waals surface area contributed by atoms with Gasteiger partial charge in [0.2, 0.25) is 5.91 Å². The number of methoxy groups -OCH3 is 1. The van der Waals surface area contributed by atoms with Crippen LogP contribution in [-0.2, 0) is 19.1 Å². The van der Waals surface area contributed by atoms with Crippen LogP contribution in [0, 0.1) is 12.8 Å². The molecule has 1 atom stereocenters. The molecule has 1 aliphatic rings. The molecule has 1 saturated heterocycles. The number of aryl methyl sites for hydroxylation is 1. The van der Waals surface area contributed by atoms with E-state index in [0.717, 1.165) is 5.56 Å². The van der Waals surface area contributed by atoms with E-state index in [1.807, 2.05) is 13.0 Å². The molecule has 0 aliphatic carbocycles. The quantitative estimate of drug-likeness (QED) is 0.731. The molecule has 2 aromatic rings. The van der Waals surface area contributed by atoms with Crippen molar-refractivity contribution >= 4 is 40.8 Å². The highest BCUT2D eigenvalue weighted by atomic mass is 35.5. The van der Waals surface area contributed by atoms with Gasteiger partial charge >= 0.3 is 5.97 Å². The Bertz CT molecular complexity index is 929. The summed E-state index contributed by atoms with van der Waals surface area (Å²) < 4.78 is 10.2. The smallest absolute Gasteiger partial charge is 0.311 e. The van der Waals surface area contributed by atoms with Crippen molar-refractivity contribution in [1.29, 1.82) is 0 Å². The van der Waals surface area contributed by atoms with E-state index in [1.165, 1.54) is 4.90 Å². The van der Waals surface area contributed by atoms with E-state index in [0.29, 0.717) is 22.1 Å². The van der Waals surface area contributed by atoms with Gasteiger partial charge in [-0.1, -0.05) is 17.7 Å². The second-order valence-electron chi connectivity index (χ2n) is 6.72. The fourth-order valence-corrected chi connectivity index (χ4v) is 3.17. The number of benzene rings is 2. The van der Waals surface area contributed by atoms with Crippen molar-refractivity contribution in [3.05, 3.63) is 53.1 Å². The van der Waals surface area contributed by atoms with Crippen LogP contribution < -0.4 is 15.0 Å². The molecule has 2 aromatic carbocycles. The average Bonchev–Trinajstić information content (AvgIpc) is 3.10. The van der Waals surface area contributed by atoms with Crippen molar-refractivity contribution < 1.29 is 23.9 Å². The molecule has 3 rings (SSSR count). The van der Waals surface area contributed by atoms with Gasteiger partial charge in [-0.15, -0.1) is 0 Å². The molecule has 29 heavy (non-hydrogen) atoms. The number of ether oxygens (including phenoxy) is 2. The summed E-state index contributed by atoms with van der Waals surface area (Å²) in [4.78, 5) is 38.1. The molecular weight excluding hydrogens is 396 g/mol. The number of esters is 1. The van der Waals surface area contributed by atoms with Crippen LogP contribution in [0.2, 0.25) is 5.02 Å². The topological polar surface area (TPSA) is 84.9 Å². The summed E-state index contributed by atoms with van der Waals surface area (Å²) in [5.41, 5.74) is 2.10. The number of hydrogen-bond donors (Lipinski definition) is 1. The van der Waals surface area contributed by atoms with E-state index < -0.39 is 24.4 Å². The third-order valence-electron chi connectivity index (χ3n) is 4.64. The van der Waals surface area contributed by atoms with E-state index in [1.54, 1.807) is 43.5 Å². The minimum absolute atomic E-state index is 0.0322. The first-order chi connectivity index (χ1) is 13.9. The molecule has 1 fully saturated rings. The molecular formula is C21H21ClN2O5. The van der Waals surface area contributed by atoms with Gasteiger partial charge in [0, 0.05) is 29.4 Å². The zero-order chi connectivity index (χ0) is 21.0. The summed E-state index contributed by atoms with van der Waals surface area (Å²) in [5.74, 6) is -1.19. The van der Waals surface area contributed by atoms with Gasteiger partial charge in [-0.2, -0.15) is 0 Å². The van der Waals surface area contributed by atoms with Gasteiger partial charge in [0.1, 0.15) is 5.75 Å². The van der Waals surface area contributed by atoms with Crippen LogP contribution in [0.4, 0.5) is 11.4 Å². The van der Waals surface area contributed by atoms with Crippen LogP contribution in [0.25, 0.3) is 0 Å². The highest BCUT2D eigenvalue weighted by Gasteiger charge is 2.36. The lowest BCUT2D eigenvalue weighted by Gasteiger charge is -2.17. The highest BCUT2D eigenvalue weighted by Crippen LogP contribution is 2.29. The fraction of sp³-hybridized carbons (Fsp3) is 0.286. The summed E-state index contributed by atoms with van der Waals surface area (Å²) >= 11 is 6.13. The molecule has 0 spiro atoms. The van der Waals surface area contributed by atoms with Gasteiger partial charge in [-0.05, 0) is 48.9 Å². The number of nitrogens with zero attached hydrogens (tertiary/aromatic N) is 1. The van der Waals surface area contributed by atoms with E-state index in [4.69, 9.17) is 21.1 Å². The van der Waals surface area contributed by atoms with Gasteiger partial charge in [0.25, 0.3) is 5.91 Å². The zero-order valence-electron chi connectivity index (χ0n) is 16.1. The minimum Gasteiger partial charge on any atom is -0.497 e. The van der Waals surface area contributed by atoms with Gasteiger partial charge in [-0.3, -0.25) is 14.4 Å². The molecule has 0 aromatic heterocycles. The van der Waals surface area contributed by atoms with E-state index in [-0.39, 0.29) is 18.9 Å². The van der Waals surface area contributed by atoms with Crippen LogP contribution in [0.3, 0.4) is 0 Å². The fourth-order valence-electron chi connectivity index (χ4n) is 2.99. The van der Waals surface area contributed by atoms with Gasteiger partial charge in [-0.25, -0.2) is 0 Å². The molecule has 8 heteroatoms. The van der Waals surface area contributed by atoms with Gasteiger partial charge < -0.3 is 19.7 Å². The van der Waals surface area contributed by atoms with Crippen LogP contribution in [0.15, 0.2) is 42.5 Å². The second kappa shape index (κ2) is 8.96. The molecule has 152 valence electrons. The average molecular weight is 417 g/mol. The predicted octanol–water partition coefficient (Wildman–Crippen LogP) is 3.19. The standard InChI is InChI=1S/C21H21ClN2O5/c1-13-3-6-16(10-18(13)22)24-11-14(9-20(24)26)21(27)29-12-19(25)23-15-4-7-17(28-2)8-5-15/h3-8,10,14H,9,11-12H2,1-2H3,(H,23,25)/t14-/m1/s1. The Morgan fingerprint density at radius 1 is 1.21 bits per heavy atom. The van der Waals surface area contributed by atoms with Crippen molar-refractivity contribution in [3.8, 4) is 5.75 Å². The number of carbonyl (C=O) groups excluding carboxylic acids is 3. The Morgan fingerprint density at radius 2 is 1.93 bits per heavy atom. The van der Waals surface area contributed by atoms with Crippen molar-refractivity contribution in [3.63, 3.8) is 0 Å². The number of anilines is 2. The predicted molar refractivity (Wildman–Crippen MR) is 109 cm³/mol. The van der Waals surface area contributed by atoms with Crippen LogP contribution >= 0.6 is 11.6 Å². The minimum atomic E-state index is -0.628. The van der Waals surface area contributed by atoms with Crippen molar-refractivity contribution in [1.82, 2.24) is 0 Å². The lowest BCUT2D eigenvalue weighted by molar-refractivity contribution is -0.151. The largest absolute Gasteiger partial charge is 0.497 e. The molecule has 0 saturated carbocycles. The summed E-state index contributed by atoms with van der Waals surface area (Å²) in [6.45, 7) is 1.64. The van der Waals surface area contributed by atoms with Crippen LogP contribution in [0.5, 0.6) is 5.75 Å². The Kier molecular flexibility index (Phi) is 6.39. The molecule has 0 unspecified atom stereocenters. The SMILES string of the molecule is COc1ccc(NC(=O)COC(=O)[C@@H]2CC(=O)N(c3ccc(C)c(Cl)c3)C2)cc1. The maximum atomic E-state index is 12.3. The van der Waals surface area contributed by atoms with Crippen LogP contribution in [-0.4, -0.2) is 38.0 Å². The third-order valence-corrected chi connectivity index (χ3v) is 5.05. The summed E-state index contributed by atoms with van der Waals surface area (Å²) in [6.07, 6.45) is 0.0322. The van der Waals surface area contributed by atoms with Gasteiger partial charge in [0.15, 0.2) is 6.61 Å². The number of carbonyl (C=O) groups is 3. The number of halogens is 1. The van der Waals surface area contributed by atoms with Crippen molar-refractivity contribution in [2.24, 2.45) is 5.92 Å². The highest BCUT2D eigenvalue weighted by molar-refractivity contribution is 6.31. The normalized spacial score (nSPS) is 15.9. The molecule has 7 nitrogen and oxygen atoms in total. The number of rotatable bonds is 6. The first-order valence-corrected chi connectivity index (χ1v) is 9.42. The first-order valence-electron chi connectivity index (χ1n) is 9.04. The van der Waals surface area contributed by atoms with E-state index in [2.05, 4.69) is 5.32 Å². The van der Waals surface area contributed by atoms with Crippen molar-refractivity contribution in [2.45, 2.75) is 13.3 Å². The Hall–Kier alpha value is -3.06. The lowest BCUT2D eigenvalue weighted by Crippen LogP contribution is -2.28. The summed E-state index contributed by atoms with van der Waals surface area (Å²) in [7, 11) is 1.55. The molecule has 0 radical (unpaired) electrons. The molecule has 1 heterocycles. The zero-order valence-corrected chi connectivity index (χ0v) is 16.9. The third kappa shape index (κ3) is 5.06. The summed E-state index contributed by atoms with van der Waals surface area (Å²) in [6, 6.07) is 12.1. The lowest BCUT2D eigenvalue weighted by atomic mass is 10.1. The van der Waals surface area contributed by atoms with E-state index in [9.17, 15) is 14.4 Å². The summed E-state index contributed by atoms with van der Waals surface area (Å²) in [5, 5.41) is 3.18. The monoisotopic (exact) mass is 416 g/mol. The number of amides is 2. The second-order valence-corrected chi connectivity index (χ2v) is 7.13. The maximum Gasteiger partial charge on any atom is 0.311 e. The Balaban J connectivity index is 1.52. The van der Waals surface area contributed by atoms with E-state index >= 15 is 0 Å². The molecule has 1 N–H and O–H groups in total.